The maximum absolute atomic E-state index is 12.2. The number of urea groups is 1. The predicted octanol–water partition coefficient (Wildman–Crippen LogP) is 2.21. The molecule has 0 radical (unpaired) electrons. The Labute approximate surface area is 118 Å². The van der Waals surface area contributed by atoms with E-state index >= 15 is 0 Å². The molecule has 0 spiro atoms. The number of carboxylic acid groups (broad SMARTS) is 1. The van der Waals surface area contributed by atoms with E-state index in [4.69, 9.17) is 5.11 Å². The lowest BCUT2D eigenvalue weighted by Gasteiger charge is -2.40. The summed E-state index contributed by atoms with van der Waals surface area (Å²) in [5, 5.41) is 8.70. The molecule has 1 aromatic rings. The number of hydrogen-bond acceptors (Lipinski definition) is 2. The van der Waals surface area contributed by atoms with Gasteiger partial charge in [-0.15, -0.1) is 0 Å². The minimum atomic E-state index is -0.800. The molecule has 1 fully saturated rings. The molecule has 1 aliphatic heterocycles. The smallest absolute Gasteiger partial charge is 0.324 e. The van der Waals surface area contributed by atoms with Crippen LogP contribution in [0.15, 0.2) is 24.3 Å². The molecule has 0 atom stereocenters. The monoisotopic (exact) mass is 276 g/mol. The Balaban J connectivity index is 1.91. The molecule has 0 aliphatic carbocycles. The molecule has 20 heavy (non-hydrogen) atoms. The first-order valence-corrected chi connectivity index (χ1v) is 6.84. The maximum atomic E-state index is 12.2. The Hall–Kier alpha value is -2.04. The Kier molecular flexibility index (Phi) is 4.27. The number of hydrogen-bond donors (Lipinski definition) is 1. The summed E-state index contributed by atoms with van der Waals surface area (Å²) in [6.07, 6.45) is 1.11. The first kappa shape index (κ1) is 14.4. The third-order valence-corrected chi connectivity index (χ3v) is 3.71. The van der Waals surface area contributed by atoms with Crippen LogP contribution in [-0.4, -0.2) is 42.1 Å². The van der Waals surface area contributed by atoms with E-state index in [1.807, 2.05) is 24.3 Å². The lowest BCUT2D eigenvalue weighted by Crippen LogP contribution is -2.54. The number of carbonyl (C=O) groups is 2. The predicted molar refractivity (Wildman–Crippen MR) is 76.9 cm³/mol. The Morgan fingerprint density at radius 1 is 1.30 bits per heavy atom. The Morgan fingerprint density at radius 3 is 2.40 bits per heavy atom. The summed E-state index contributed by atoms with van der Waals surface area (Å²) in [6, 6.07) is 7.83. The number of nitrogens with zero attached hydrogens (tertiary/aromatic N) is 2. The zero-order valence-corrected chi connectivity index (χ0v) is 11.9. The van der Waals surface area contributed by atoms with Gasteiger partial charge in [-0.2, -0.15) is 0 Å². The van der Waals surface area contributed by atoms with Gasteiger partial charge in [0.1, 0.15) is 0 Å². The molecular weight excluding hydrogens is 256 g/mol. The fourth-order valence-corrected chi connectivity index (χ4v) is 2.38. The van der Waals surface area contributed by atoms with Crippen molar-refractivity contribution >= 4 is 17.7 Å². The molecule has 1 aliphatic rings. The van der Waals surface area contributed by atoms with E-state index in [0.717, 1.165) is 12.1 Å². The second-order valence-electron chi connectivity index (χ2n) is 5.23. The highest BCUT2D eigenvalue weighted by atomic mass is 16.4. The summed E-state index contributed by atoms with van der Waals surface area (Å²) in [7, 11) is 1.74. The minimum absolute atomic E-state index is 0.0733. The number of rotatable bonds is 4. The normalized spacial score (nSPS) is 14.8. The van der Waals surface area contributed by atoms with Gasteiger partial charge in [-0.3, -0.25) is 9.69 Å². The quantitative estimate of drug-likeness (QED) is 0.917. The van der Waals surface area contributed by atoms with E-state index in [-0.39, 0.29) is 18.4 Å². The summed E-state index contributed by atoms with van der Waals surface area (Å²) >= 11 is 0. The van der Waals surface area contributed by atoms with Gasteiger partial charge >= 0.3 is 12.0 Å². The van der Waals surface area contributed by atoms with Crippen molar-refractivity contribution in [3.63, 3.8) is 0 Å². The molecule has 1 heterocycles. The van der Waals surface area contributed by atoms with Crippen molar-refractivity contribution < 1.29 is 14.7 Å². The lowest BCUT2D eigenvalue weighted by atomic mass is 9.97. The second-order valence-corrected chi connectivity index (χ2v) is 5.23. The fourth-order valence-electron chi connectivity index (χ4n) is 2.38. The van der Waals surface area contributed by atoms with E-state index in [9.17, 15) is 9.59 Å². The molecule has 2 amide bonds. The first-order chi connectivity index (χ1) is 9.51. The summed E-state index contributed by atoms with van der Waals surface area (Å²) in [5.41, 5.74) is 2.09. The number of aryl methyl sites for hydroxylation is 1. The highest BCUT2D eigenvalue weighted by Gasteiger charge is 2.33. The number of amides is 2. The standard InChI is InChI=1S/C15H20N2O3/c1-3-11-4-6-13(7-5-11)16(2)15(20)17-9-12(10-17)8-14(18)19/h4-7,12H,3,8-10H2,1-2H3,(H,18,19). The van der Waals surface area contributed by atoms with Crippen LogP contribution in [0.3, 0.4) is 0 Å². The Morgan fingerprint density at radius 2 is 1.90 bits per heavy atom. The van der Waals surface area contributed by atoms with Crippen LogP contribution in [0.5, 0.6) is 0 Å². The average molecular weight is 276 g/mol. The van der Waals surface area contributed by atoms with Crippen LogP contribution in [0.2, 0.25) is 0 Å². The number of aliphatic carboxylic acids is 1. The summed E-state index contributed by atoms with van der Waals surface area (Å²) in [4.78, 5) is 26.1. The molecule has 1 aromatic carbocycles. The molecule has 0 aromatic heterocycles. The van der Waals surface area contributed by atoms with E-state index < -0.39 is 5.97 Å². The molecule has 0 bridgehead atoms. The lowest BCUT2D eigenvalue weighted by molar-refractivity contribution is -0.139. The summed E-state index contributed by atoms with van der Waals surface area (Å²) < 4.78 is 0. The van der Waals surface area contributed by atoms with Gasteiger partial charge in [0, 0.05) is 31.7 Å². The summed E-state index contributed by atoms with van der Waals surface area (Å²) in [6.45, 7) is 3.15. The van der Waals surface area contributed by atoms with E-state index in [0.29, 0.717) is 13.1 Å². The van der Waals surface area contributed by atoms with Crippen molar-refractivity contribution in [2.75, 3.05) is 25.0 Å². The third-order valence-electron chi connectivity index (χ3n) is 3.71. The Bertz CT molecular complexity index is 492. The number of anilines is 1. The van der Waals surface area contributed by atoms with Crippen LogP contribution in [0, 0.1) is 5.92 Å². The van der Waals surface area contributed by atoms with Crippen LogP contribution < -0.4 is 4.90 Å². The summed E-state index contributed by atoms with van der Waals surface area (Å²) in [5.74, 6) is -0.710. The fraction of sp³-hybridized carbons (Fsp3) is 0.467. The van der Waals surface area contributed by atoms with Crippen molar-refractivity contribution in [1.82, 2.24) is 4.90 Å². The number of benzene rings is 1. The van der Waals surface area contributed by atoms with Gasteiger partial charge in [-0.1, -0.05) is 19.1 Å². The van der Waals surface area contributed by atoms with Gasteiger partial charge in [-0.05, 0) is 24.1 Å². The van der Waals surface area contributed by atoms with Gasteiger partial charge in [0.25, 0.3) is 0 Å². The maximum Gasteiger partial charge on any atom is 0.324 e. The van der Waals surface area contributed by atoms with Crippen LogP contribution in [0.25, 0.3) is 0 Å². The van der Waals surface area contributed by atoms with Gasteiger partial charge in [-0.25, -0.2) is 4.79 Å². The molecular formula is C15H20N2O3. The van der Waals surface area contributed by atoms with Crippen LogP contribution in [0.4, 0.5) is 10.5 Å². The van der Waals surface area contributed by atoms with Crippen molar-refractivity contribution in [3.05, 3.63) is 29.8 Å². The molecule has 2 rings (SSSR count). The van der Waals surface area contributed by atoms with Crippen LogP contribution in [0.1, 0.15) is 18.9 Å². The SMILES string of the molecule is CCc1ccc(N(C)C(=O)N2CC(CC(=O)O)C2)cc1. The topological polar surface area (TPSA) is 60.9 Å². The molecule has 1 saturated heterocycles. The van der Waals surface area contributed by atoms with E-state index in [2.05, 4.69) is 6.92 Å². The van der Waals surface area contributed by atoms with Crippen molar-refractivity contribution in [3.8, 4) is 0 Å². The number of likely N-dealkylation sites (tertiary alicyclic amines) is 1. The van der Waals surface area contributed by atoms with Crippen molar-refractivity contribution in [2.24, 2.45) is 5.92 Å². The van der Waals surface area contributed by atoms with Gasteiger partial charge in [0.15, 0.2) is 0 Å². The minimum Gasteiger partial charge on any atom is -0.481 e. The highest BCUT2D eigenvalue weighted by Crippen LogP contribution is 2.23. The molecule has 1 N–H and O–H groups in total. The zero-order chi connectivity index (χ0) is 14.7. The third kappa shape index (κ3) is 3.10. The van der Waals surface area contributed by atoms with Gasteiger partial charge in [0.05, 0.1) is 6.42 Å². The molecule has 5 heteroatoms. The highest BCUT2D eigenvalue weighted by molar-refractivity contribution is 5.92. The average Bonchev–Trinajstić information content (AvgIpc) is 2.40. The number of carboxylic acids is 1. The second kappa shape index (κ2) is 5.94. The number of carbonyl (C=O) groups excluding carboxylic acids is 1. The van der Waals surface area contributed by atoms with Crippen LogP contribution in [-0.2, 0) is 11.2 Å². The van der Waals surface area contributed by atoms with Crippen molar-refractivity contribution in [1.29, 1.82) is 0 Å². The van der Waals surface area contributed by atoms with Crippen LogP contribution >= 0.6 is 0 Å². The first-order valence-electron chi connectivity index (χ1n) is 6.84. The zero-order valence-electron chi connectivity index (χ0n) is 11.9. The molecule has 0 unspecified atom stereocenters. The van der Waals surface area contributed by atoms with E-state index in [1.165, 1.54) is 5.56 Å². The molecule has 0 saturated carbocycles. The molecule has 108 valence electrons. The van der Waals surface area contributed by atoms with Gasteiger partial charge < -0.3 is 10.0 Å². The molecule has 5 nitrogen and oxygen atoms in total. The van der Waals surface area contributed by atoms with Crippen molar-refractivity contribution in [2.45, 2.75) is 19.8 Å². The largest absolute Gasteiger partial charge is 0.481 e. The van der Waals surface area contributed by atoms with Gasteiger partial charge in [0.2, 0.25) is 0 Å². The van der Waals surface area contributed by atoms with E-state index in [1.54, 1.807) is 16.8 Å².